The summed E-state index contributed by atoms with van der Waals surface area (Å²) in [6.45, 7) is 10.6. The molecular weight excluding hydrogens is 307 g/mol. The van der Waals surface area contributed by atoms with Gasteiger partial charge in [0.15, 0.2) is 0 Å². The molecule has 0 saturated carbocycles. The third-order valence-corrected chi connectivity index (χ3v) is 4.62. The Morgan fingerprint density at radius 1 is 1.42 bits per heavy atom. The summed E-state index contributed by atoms with van der Waals surface area (Å²) in [4.78, 5) is 2.39. The van der Waals surface area contributed by atoms with Crippen LogP contribution in [0.1, 0.15) is 26.3 Å². The Morgan fingerprint density at radius 3 is 2.84 bits per heavy atom. The van der Waals surface area contributed by atoms with E-state index in [4.69, 9.17) is 0 Å². The summed E-state index contributed by atoms with van der Waals surface area (Å²) in [6.07, 6.45) is 0. The minimum absolute atomic E-state index is 0.181. The molecule has 1 saturated heterocycles. The fraction of sp³-hybridized carbons (Fsp3) is 0.600. The van der Waals surface area contributed by atoms with E-state index in [1.54, 1.807) is 6.07 Å². The van der Waals surface area contributed by atoms with Crippen molar-refractivity contribution in [1.82, 2.24) is 10.2 Å². The van der Waals surface area contributed by atoms with Crippen LogP contribution in [0.2, 0.25) is 0 Å². The minimum Gasteiger partial charge on any atom is -0.311 e. The van der Waals surface area contributed by atoms with E-state index in [1.165, 1.54) is 6.07 Å². The first-order chi connectivity index (χ1) is 8.88. The molecule has 0 amide bonds. The first-order valence-electron chi connectivity index (χ1n) is 6.76. The molecule has 2 nitrogen and oxygen atoms in total. The molecule has 1 atom stereocenters. The van der Waals surface area contributed by atoms with E-state index in [0.717, 1.165) is 31.7 Å². The predicted octanol–water partition coefficient (Wildman–Crippen LogP) is 3.41. The number of nitrogens with one attached hydrogen (secondary N) is 1. The fourth-order valence-corrected chi connectivity index (χ4v) is 2.84. The summed E-state index contributed by atoms with van der Waals surface area (Å²) in [7, 11) is 0. The van der Waals surface area contributed by atoms with Crippen LogP contribution in [0.15, 0.2) is 22.7 Å². The molecular formula is C15H22BrFN2. The quantitative estimate of drug-likeness (QED) is 0.895. The van der Waals surface area contributed by atoms with Crippen molar-refractivity contribution in [3.8, 4) is 0 Å². The van der Waals surface area contributed by atoms with Crippen molar-refractivity contribution in [1.29, 1.82) is 0 Å². The van der Waals surface area contributed by atoms with E-state index >= 15 is 0 Å². The van der Waals surface area contributed by atoms with Gasteiger partial charge in [0.2, 0.25) is 0 Å². The first kappa shape index (κ1) is 14.9. The summed E-state index contributed by atoms with van der Waals surface area (Å²) in [5, 5.41) is 3.57. The van der Waals surface area contributed by atoms with Crippen LogP contribution in [0.5, 0.6) is 0 Å². The molecule has 2 rings (SSSR count). The molecule has 1 aliphatic rings. The van der Waals surface area contributed by atoms with Gasteiger partial charge in [0.1, 0.15) is 5.82 Å². The van der Waals surface area contributed by atoms with E-state index in [2.05, 4.69) is 46.9 Å². The van der Waals surface area contributed by atoms with Gasteiger partial charge in [-0.25, -0.2) is 4.39 Å². The van der Waals surface area contributed by atoms with E-state index in [9.17, 15) is 4.39 Å². The monoisotopic (exact) mass is 328 g/mol. The number of hydrogen-bond donors (Lipinski definition) is 1. The summed E-state index contributed by atoms with van der Waals surface area (Å²) in [5.74, 6) is -0.181. The third-order valence-electron chi connectivity index (χ3n) is 3.73. The highest BCUT2D eigenvalue weighted by molar-refractivity contribution is 9.10. The van der Waals surface area contributed by atoms with Gasteiger partial charge in [-0.2, -0.15) is 0 Å². The largest absolute Gasteiger partial charge is 0.311 e. The van der Waals surface area contributed by atoms with E-state index in [1.807, 2.05) is 6.07 Å². The fourth-order valence-electron chi connectivity index (χ4n) is 2.45. The van der Waals surface area contributed by atoms with Crippen LogP contribution < -0.4 is 5.32 Å². The predicted molar refractivity (Wildman–Crippen MR) is 80.6 cm³/mol. The highest BCUT2D eigenvalue weighted by Crippen LogP contribution is 2.25. The summed E-state index contributed by atoms with van der Waals surface area (Å²) in [6, 6.07) is 5.73. The zero-order valence-electron chi connectivity index (χ0n) is 11.8. The van der Waals surface area contributed by atoms with Crippen LogP contribution in [0.25, 0.3) is 0 Å². The van der Waals surface area contributed by atoms with Crippen LogP contribution >= 0.6 is 15.9 Å². The highest BCUT2D eigenvalue weighted by Gasteiger charge is 2.29. The van der Waals surface area contributed by atoms with Crippen LogP contribution in [-0.4, -0.2) is 30.6 Å². The topological polar surface area (TPSA) is 15.3 Å². The molecule has 1 unspecified atom stereocenters. The van der Waals surface area contributed by atoms with Gasteiger partial charge >= 0.3 is 0 Å². The first-order valence-corrected chi connectivity index (χ1v) is 7.56. The molecule has 106 valence electrons. The second-order valence-corrected chi connectivity index (χ2v) is 7.11. The van der Waals surface area contributed by atoms with Gasteiger partial charge < -0.3 is 5.32 Å². The Bertz CT molecular complexity index is 442. The maximum atomic E-state index is 13.5. The van der Waals surface area contributed by atoms with Gasteiger partial charge in [0.25, 0.3) is 0 Å². The van der Waals surface area contributed by atoms with Gasteiger partial charge in [-0.05, 0) is 33.0 Å². The summed E-state index contributed by atoms with van der Waals surface area (Å²) >= 11 is 3.34. The van der Waals surface area contributed by atoms with Crippen molar-refractivity contribution in [3.63, 3.8) is 0 Å². The van der Waals surface area contributed by atoms with Crippen molar-refractivity contribution in [3.05, 3.63) is 34.1 Å². The Labute approximate surface area is 123 Å². The molecule has 1 aromatic rings. The smallest absolute Gasteiger partial charge is 0.137 e. The van der Waals surface area contributed by atoms with Crippen molar-refractivity contribution in [2.24, 2.45) is 5.41 Å². The second kappa shape index (κ2) is 5.90. The number of piperazine rings is 1. The maximum absolute atomic E-state index is 13.5. The lowest BCUT2D eigenvalue weighted by molar-refractivity contribution is 0.129. The van der Waals surface area contributed by atoms with Crippen molar-refractivity contribution < 1.29 is 4.39 Å². The molecule has 0 spiro atoms. The zero-order chi connectivity index (χ0) is 14.0. The molecule has 1 fully saturated rings. The number of benzene rings is 1. The maximum Gasteiger partial charge on any atom is 0.137 e. The van der Waals surface area contributed by atoms with E-state index < -0.39 is 0 Å². The van der Waals surface area contributed by atoms with Gasteiger partial charge in [-0.3, -0.25) is 4.90 Å². The molecule has 0 aromatic heterocycles. The third kappa shape index (κ3) is 3.77. The number of rotatable bonds is 2. The molecule has 4 heteroatoms. The Morgan fingerprint density at radius 2 is 2.16 bits per heavy atom. The summed E-state index contributed by atoms with van der Waals surface area (Å²) in [5.41, 5.74) is 1.27. The molecule has 1 N–H and O–H groups in total. The Hall–Kier alpha value is -0.450. The average molecular weight is 329 g/mol. The lowest BCUT2D eigenvalue weighted by Gasteiger charge is -2.40. The minimum atomic E-state index is -0.181. The number of nitrogens with zero attached hydrogens (tertiary/aromatic N) is 1. The lowest BCUT2D eigenvalue weighted by Crippen LogP contribution is -2.55. The SMILES string of the molecule is CC(C)(C)C1CN(Cc2cccc(F)c2Br)CCN1. The molecule has 1 aliphatic heterocycles. The lowest BCUT2D eigenvalue weighted by atomic mass is 9.85. The number of halogens is 2. The van der Waals surface area contributed by atoms with Gasteiger partial charge in [0.05, 0.1) is 4.47 Å². The zero-order valence-corrected chi connectivity index (χ0v) is 13.4. The van der Waals surface area contributed by atoms with Crippen LogP contribution in [0, 0.1) is 11.2 Å². The normalized spacial score (nSPS) is 21.6. The molecule has 0 bridgehead atoms. The standard InChI is InChI=1S/C15H22BrFN2/c1-15(2,3)13-10-19(8-7-18-13)9-11-5-4-6-12(17)14(11)16/h4-6,13,18H,7-10H2,1-3H3. The molecule has 1 heterocycles. The van der Waals surface area contributed by atoms with Crippen molar-refractivity contribution in [2.45, 2.75) is 33.4 Å². The molecule has 1 aromatic carbocycles. The van der Waals surface area contributed by atoms with E-state index in [-0.39, 0.29) is 11.2 Å². The van der Waals surface area contributed by atoms with Crippen LogP contribution in [0.4, 0.5) is 4.39 Å². The molecule has 19 heavy (non-hydrogen) atoms. The molecule has 0 radical (unpaired) electrons. The van der Waals surface area contributed by atoms with Crippen LogP contribution in [0.3, 0.4) is 0 Å². The van der Waals surface area contributed by atoms with Crippen molar-refractivity contribution in [2.75, 3.05) is 19.6 Å². The molecule has 0 aliphatic carbocycles. The average Bonchev–Trinajstić information content (AvgIpc) is 2.34. The van der Waals surface area contributed by atoms with Gasteiger partial charge in [-0.15, -0.1) is 0 Å². The van der Waals surface area contributed by atoms with Gasteiger partial charge in [-0.1, -0.05) is 32.9 Å². The van der Waals surface area contributed by atoms with Crippen molar-refractivity contribution >= 4 is 15.9 Å². The highest BCUT2D eigenvalue weighted by atomic mass is 79.9. The number of hydrogen-bond acceptors (Lipinski definition) is 2. The van der Waals surface area contributed by atoms with Gasteiger partial charge in [0, 0.05) is 32.2 Å². The Kier molecular flexibility index (Phi) is 4.64. The summed E-state index contributed by atoms with van der Waals surface area (Å²) < 4.78 is 14.1. The van der Waals surface area contributed by atoms with E-state index in [0.29, 0.717) is 10.5 Å². The van der Waals surface area contributed by atoms with Crippen LogP contribution in [-0.2, 0) is 6.54 Å². The second-order valence-electron chi connectivity index (χ2n) is 6.32. The Balaban J connectivity index is 2.05.